The van der Waals surface area contributed by atoms with E-state index in [1.54, 1.807) is 37.3 Å². The number of anilines is 1. The summed E-state index contributed by atoms with van der Waals surface area (Å²) in [7, 11) is 0. The fourth-order valence-corrected chi connectivity index (χ4v) is 4.13. The number of carbonyl (C=O) groups is 2. The van der Waals surface area contributed by atoms with Crippen LogP contribution in [0.15, 0.2) is 54.6 Å². The SMILES string of the molecule is Cc1cc(F)c(NC(=O)C2(c3ccc4c(c3)OCO4)CC2)cc1-c1cccc(C(N)=O)c1.[HH]. The maximum Gasteiger partial charge on any atom is 0.248 e. The van der Waals surface area contributed by atoms with E-state index >= 15 is 0 Å². The van der Waals surface area contributed by atoms with Crippen LogP contribution < -0.4 is 20.5 Å². The number of benzene rings is 3. The van der Waals surface area contributed by atoms with E-state index in [-0.39, 0.29) is 19.8 Å². The van der Waals surface area contributed by atoms with Gasteiger partial charge < -0.3 is 20.5 Å². The number of hydrogen-bond acceptors (Lipinski definition) is 4. The molecular formula is C25H23FN2O4. The minimum Gasteiger partial charge on any atom is -0.454 e. The van der Waals surface area contributed by atoms with E-state index in [1.165, 1.54) is 6.07 Å². The van der Waals surface area contributed by atoms with Crippen molar-refractivity contribution in [2.45, 2.75) is 25.2 Å². The van der Waals surface area contributed by atoms with Gasteiger partial charge in [-0.25, -0.2) is 4.39 Å². The molecule has 3 aromatic rings. The van der Waals surface area contributed by atoms with Crippen LogP contribution in [0.5, 0.6) is 11.5 Å². The first-order chi connectivity index (χ1) is 15.4. The van der Waals surface area contributed by atoms with Gasteiger partial charge in [0.15, 0.2) is 11.5 Å². The van der Waals surface area contributed by atoms with Crippen molar-refractivity contribution in [2.24, 2.45) is 5.73 Å². The van der Waals surface area contributed by atoms with Crippen molar-refractivity contribution < 1.29 is 24.9 Å². The summed E-state index contributed by atoms with van der Waals surface area (Å²) in [4.78, 5) is 24.8. The number of nitrogens with one attached hydrogen (secondary N) is 1. The Morgan fingerprint density at radius 2 is 1.84 bits per heavy atom. The zero-order chi connectivity index (χ0) is 22.5. The van der Waals surface area contributed by atoms with Gasteiger partial charge in [0.25, 0.3) is 0 Å². The summed E-state index contributed by atoms with van der Waals surface area (Å²) in [6, 6.07) is 15.2. The third-order valence-electron chi connectivity index (χ3n) is 6.13. The number of hydrogen-bond donors (Lipinski definition) is 2. The highest BCUT2D eigenvalue weighted by Gasteiger charge is 2.51. The van der Waals surface area contributed by atoms with E-state index in [1.807, 2.05) is 18.2 Å². The molecule has 7 heteroatoms. The molecule has 1 heterocycles. The number of nitrogens with two attached hydrogens (primary N) is 1. The maximum atomic E-state index is 14.8. The lowest BCUT2D eigenvalue weighted by Gasteiger charge is -2.18. The number of primary amides is 1. The number of rotatable bonds is 5. The molecule has 2 amide bonds. The summed E-state index contributed by atoms with van der Waals surface area (Å²) in [5.74, 6) is -0.0697. The van der Waals surface area contributed by atoms with Crippen LogP contribution in [-0.4, -0.2) is 18.6 Å². The Labute approximate surface area is 185 Å². The highest BCUT2D eigenvalue weighted by atomic mass is 19.1. The molecular weight excluding hydrogens is 411 g/mol. The van der Waals surface area contributed by atoms with E-state index in [0.29, 0.717) is 46.6 Å². The van der Waals surface area contributed by atoms with Gasteiger partial charge >= 0.3 is 0 Å². The highest BCUT2D eigenvalue weighted by Crippen LogP contribution is 2.51. The zero-order valence-electron chi connectivity index (χ0n) is 17.4. The van der Waals surface area contributed by atoms with Crippen molar-refractivity contribution in [1.82, 2.24) is 0 Å². The topological polar surface area (TPSA) is 90.7 Å². The summed E-state index contributed by atoms with van der Waals surface area (Å²) in [6.07, 6.45) is 1.33. The Balaban J connectivity index is 0.00000259. The standard InChI is InChI=1S/C25H21FN2O4.H2/c1-14-9-19(26)20(12-18(14)15-3-2-4-16(10-15)23(27)29)28-24(30)25(7-8-25)17-5-6-21-22(11-17)32-13-31-21;/h2-6,9-12H,7-8,13H2,1H3,(H2,27,29)(H,28,30);1H. The molecule has 0 unspecified atom stereocenters. The zero-order valence-corrected chi connectivity index (χ0v) is 17.4. The Bertz CT molecular complexity index is 1270. The monoisotopic (exact) mass is 434 g/mol. The van der Waals surface area contributed by atoms with Crippen molar-refractivity contribution in [2.75, 3.05) is 12.1 Å². The van der Waals surface area contributed by atoms with Crippen LogP contribution in [-0.2, 0) is 10.2 Å². The molecule has 164 valence electrons. The molecule has 32 heavy (non-hydrogen) atoms. The van der Waals surface area contributed by atoms with E-state index in [0.717, 1.165) is 5.56 Å². The summed E-state index contributed by atoms with van der Waals surface area (Å²) < 4.78 is 25.6. The summed E-state index contributed by atoms with van der Waals surface area (Å²) >= 11 is 0. The van der Waals surface area contributed by atoms with Gasteiger partial charge in [-0.3, -0.25) is 9.59 Å². The number of aryl methyl sites for hydroxylation is 1. The van der Waals surface area contributed by atoms with Crippen LogP contribution in [0.25, 0.3) is 11.1 Å². The summed E-state index contributed by atoms with van der Waals surface area (Å²) in [5.41, 5.74) is 8.04. The van der Waals surface area contributed by atoms with Crippen molar-refractivity contribution in [3.05, 3.63) is 77.1 Å². The lowest BCUT2D eigenvalue weighted by molar-refractivity contribution is -0.118. The largest absolute Gasteiger partial charge is 0.454 e. The quantitative estimate of drug-likeness (QED) is 0.617. The molecule has 0 spiro atoms. The molecule has 0 atom stereocenters. The van der Waals surface area contributed by atoms with Gasteiger partial charge in [-0.1, -0.05) is 18.2 Å². The Kier molecular flexibility index (Phi) is 4.62. The molecule has 0 aromatic heterocycles. The second-order valence-corrected chi connectivity index (χ2v) is 8.20. The van der Waals surface area contributed by atoms with Crippen LogP contribution in [0.2, 0.25) is 0 Å². The minimum atomic E-state index is -0.718. The van der Waals surface area contributed by atoms with Crippen LogP contribution in [0.4, 0.5) is 10.1 Å². The molecule has 1 saturated carbocycles. The van der Waals surface area contributed by atoms with E-state index < -0.39 is 17.1 Å². The number of halogens is 1. The first-order valence-corrected chi connectivity index (χ1v) is 10.3. The first-order valence-electron chi connectivity index (χ1n) is 10.3. The van der Waals surface area contributed by atoms with Crippen molar-refractivity contribution in [1.29, 1.82) is 0 Å². The normalized spacial score (nSPS) is 15.3. The van der Waals surface area contributed by atoms with Gasteiger partial charge in [0.2, 0.25) is 18.6 Å². The second-order valence-electron chi connectivity index (χ2n) is 8.20. The molecule has 5 rings (SSSR count). The molecule has 3 aromatic carbocycles. The van der Waals surface area contributed by atoms with Gasteiger partial charge in [0.1, 0.15) is 5.82 Å². The van der Waals surface area contributed by atoms with Gasteiger partial charge in [-0.05, 0) is 78.4 Å². The minimum absolute atomic E-state index is 0. The van der Waals surface area contributed by atoms with Crippen molar-refractivity contribution in [3.8, 4) is 22.6 Å². The molecule has 0 radical (unpaired) electrons. The second kappa shape index (κ2) is 7.37. The average Bonchev–Trinajstić information content (AvgIpc) is 3.46. The molecule has 1 aliphatic carbocycles. The van der Waals surface area contributed by atoms with E-state index in [4.69, 9.17) is 15.2 Å². The Morgan fingerprint density at radius 1 is 1.06 bits per heavy atom. The molecule has 1 aliphatic heterocycles. The van der Waals surface area contributed by atoms with Crippen LogP contribution >= 0.6 is 0 Å². The highest BCUT2D eigenvalue weighted by molar-refractivity contribution is 6.02. The molecule has 2 aliphatic rings. The lowest BCUT2D eigenvalue weighted by Crippen LogP contribution is -2.28. The molecule has 0 bridgehead atoms. The summed E-state index contributed by atoms with van der Waals surface area (Å²) in [5, 5.41) is 2.78. The summed E-state index contributed by atoms with van der Waals surface area (Å²) in [6.45, 7) is 1.93. The number of carbonyl (C=O) groups excluding carboxylic acids is 2. The van der Waals surface area contributed by atoms with Gasteiger partial charge in [0, 0.05) is 6.99 Å². The number of amides is 2. The predicted molar refractivity (Wildman–Crippen MR) is 119 cm³/mol. The van der Waals surface area contributed by atoms with E-state index in [2.05, 4.69) is 5.32 Å². The fraction of sp³-hybridized carbons (Fsp3) is 0.200. The molecule has 1 fully saturated rings. The van der Waals surface area contributed by atoms with Crippen LogP contribution in [0.1, 0.15) is 35.8 Å². The molecule has 3 N–H and O–H groups in total. The predicted octanol–water partition coefficient (Wildman–Crippen LogP) is 4.55. The third kappa shape index (κ3) is 3.36. The maximum absolute atomic E-state index is 14.8. The smallest absolute Gasteiger partial charge is 0.248 e. The number of fused-ring (bicyclic) bond motifs is 1. The van der Waals surface area contributed by atoms with Crippen LogP contribution in [0, 0.1) is 12.7 Å². The first kappa shape index (κ1) is 20.1. The Morgan fingerprint density at radius 3 is 2.59 bits per heavy atom. The average molecular weight is 434 g/mol. The van der Waals surface area contributed by atoms with Gasteiger partial charge in [-0.15, -0.1) is 0 Å². The van der Waals surface area contributed by atoms with Gasteiger partial charge in [-0.2, -0.15) is 0 Å². The lowest BCUT2D eigenvalue weighted by atomic mass is 9.94. The van der Waals surface area contributed by atoms with Crippen molar-refractivity contribution in [3.63, 3.8) is 0 Å². The van der Waals surface area contributed by atoms with Crippen LogP contribution in [0.3, 0.4) is 0 Å². The third-order valence-corrected chi connectivity index (χ3v) is 6.13. The van der Waals surface area contributed by atoms with Gasteiger partial charge in [0.05, 0.1) is 11.1 Å². The molecule has 6 nitrogen and oxygen atoms in total. The fourth-order valence-electron chi connectivity index (χ4n) is 4.13. The molecule has 0 saturated heterocycles. The van der Waals surface area contributed by atoms with Crippen molar-refractivity contribution >= 4 is 17.5 Å². The Hall–Kier alpha value is -3.87. The van der Waals surface area contributed by atoms with E-state index in [9.17, 15) is 14.0 Å². The number of ether oxygens (including phenoxy) is 2.